The monoisotopic (exact) mass is 271 g/mol. The van der Waals surface area contributed by atoms with Crippen LogP contribution in [-0.4, -0.2) is 15.6 Å². The van der Waals surface area contributed by atoms with Crippen molar-refractivity contribution in [2.24, 2.45) is 0 Å². The molecule has 0 aliphatic rings. The van der Waals surface area contributed by atoms with Crippen LogP contribution in [0, 0.1) is 10.1 Å². The lowest BCUT2D eigenvalue weighted by Crippen LogP contribution is -2.33. The summed E-state index contributed by atoms with van der Waals surface area (Å²) in [5, 5.41) is 20.2. The van der Waals surface area contributed by atoms with Gasteiger partial charge in [-0.1, -0.05) is 36.4 Å². The second kappa shape index (κ2) is 5.33. The number of nitrogens with zero attached hydrogens (tertiary/aromatic N) is 1. The smallest absolute Gasteiger partial charge is 0.220 e. The van der Waals surface area contributed by atoms with Gasteiger partial charge in [-0.15, -0.1) is 0 Å². The van der Waals surface area contributed by atoms with Crippen molar-refractivity contribution in [3.63, 3.8) is 0 Å². The summed E-state index contributed by atoms with van der Waals surface area (Å²) in [6.07, 6.45) is 0.399. The van der Waals surface area contributed by atoms with Gasteiger partial charge in [-0.05, 0) is 28.8 Å². The van der Waals surface area contributed by atoms with Gasteiger partial charge in [0.05, 0.1) is 0 Å². The zero-order chi connectivity index (χ0) is 14.8. The quantitative estimate of drug-likeness (QED) is 0.681. The molecule has 104 valence electrons. The van der Waals surface area contributed by atoms with Crippen molar-refractivity contribution in [1.82, 2.24) is 0 Å². The Morgan fingerprint density at radius 3 is 1.90 bits per heavy atom. The molecule has 0 bridgehead atoms. The van der Waals surface area contributed by atoms with Crippen molar-refractivity contribution in [2.45, 2.75) is 25.8 Å². The molecular formula is C16H17NO3. The van der Waals surface area contributed by atoms with Crippen molar-refractivity contribution in [1.29, 1.82) is 0 Å². The molecule has 0 amide bonds. The molecule has 0 spiro atoms. The topological polar surface area (TPSA) is 63.4 Å². The molecule has 0 saturated heterocycles. The molecule has 0 unspecified atom stereocenters. The SMILES string of the molecule is CC(C)(Cc1ccc(-c2ccc(O)cc2)cc1)[N+](=O)[O-]. The summed E-state index contributed by atoms with van der Waals surface area (Å²) < 4.78 is 0. The van der Waals surface area contributed by atoms with E-state index in [1.165, 1.54) is 0 Å². The molecule has 0 aromatic heterocycles. The molecule has 4 nitrogen and oxygen atoms in total. The summed E-state index contributed by atoms with van der Waals surface area (Å²) in [7, 11) is 0. The molecule has 0 saturated carbocycles. The van der Waals surface area contributed by atoms with Crippen LogP contribution >= 0.6 is 0 Å². The van der Waals surface area contributed by atoms with Gasteiger partial charge in [0.25, 0.3) is 0 Å². The van der Waals surface area contributed by atoms with Crippen molar-refractivity contribution >= 4 is 0 Å². The first-order valence-corrected chi connectivity index (χ1v) is 6.41. The van der Waals surface area contributed by atoms with E-state index in [0.717, 1.165) is 16.7 Å². The molecule has 0 fully saturated rings. The van der Waals surface area contributed by atoms with E-state index in [-0.39, 0.29) is 10.7 Å². The van der Waals surface area contributed by atoms with Crippen molar-refractivity contribution in [2.75, 3.05) is 0 Å². The zero-order valence-electron chi connectivity index (χ0n) is 11.5. The number of benzene rings is 2. The van der Waals surface area contributed by atoms with Crippen LogP contribution in [0.2, 0.25) is 0 Å². The molecule has 4 heteroatoms. The van der Waals surface area contributed by atoms with Gasteiger partial charge in [0.2, 0.25) is 5.54 Å². The minimum atomic E-state index is -0.958. The molecule has 0 radical (unpaired) electrons. The first-order chi connectivity index (χ1) is 9.38. The average Bonchev–Trinajstić information content (AvgIpc) is 2.40. The molecule has 2 aromatic carbocycles. The van der Waals surface area contributed by atoms with Crippen LogP contribution in [-0.2, 0) is 6.42 Å². The molecule has 0 atom stereocenters. The van der Waals surface area contributed by atoms with Gasteiger partial charge >= 0.3 is 0 Å². The van der Waals surface area contributed by atoms with Gasteiger partial charge in [-0.25, -0.2) is 0 Å². The van der Waals surface area contributed by atoms with E-state index >= 15 is 0 Å². The molecule has 20 heavy (non-hydrogen) atoms. The summed E-state index contributed by atoms with van der Waals surface area (Å²) in [5.74, 6) is 0.234. The highest BCUT2D eigenvalue weighted by Gasteiger charge is 2.30. The standard InChI is InChI=1S/C16H17NO3/c1-16(2,17(19)20)11-12-3-5-13(6-4-12)14-7-9-15(18)10-8-14/h3-10,18H,11H2,1-2H3. The number of phenolic OH excluding ortho intramolecular Hbond substituents is 1. The van der Waals surface area contributed by atoms with Crippen LogP contribution in [0.4, 0.5) is 0 Å². The minimum absolute atomic E-state index is 0.234. The Morgan fingerprint density at radius 1 is 1.00 bits per heavy atom. The minimum Gasteiger partial charge on any atom is -0.508 e. The number of nitro groups is 1. The third kappa shape index (κ3) is 3.15. The fourth-order valence-corrected chi connectivity index (χ4v) is 2.03. The highest BCUT2D eigenvalue weighted by atomic mass is 16.6. The van der Waals surface area contributed by atoms with E-state index < -0.39 is 5.54 Å². The Hall–Kier alpha value is -2.36. The molecule has 0 aliphatic heterocycles. The maximum absolute atomic E-state index is 10.9. The maximum Gasteiger partial charge on any atom is 0.220 e. The number of phenols is 1. The van der Waals surface area contributed by atoms with Gasteiger partial charge in [-0.2, -0.15) is 0 Å². The van der Waals surface area contributed by atoms with E-state index in [1.807, 2.05) is 36.4 Å². The summed E-state index contributed by atoms with van der Waals surface area (Å²) in [6, 6.07) is 14.7. The molecule has 1 N–H and O–H groups in total. The predicted octanol–water partition coefficient (Wildman–Crippen LogP) is 3.66. The maximum atomic E-state index is 10.9. The van der Waals surface area contributed by atoms with E-state index in [0.29, 0.717) is 6.42 Å². The van der Waals surface area contributed by atoms with Gasteiger partial charge in [0.15, 0.2) is 0 Å². The largest absolute Gasteiger partial charge is 0.508 e. The highest BCUT2D eigenvalue weighted by molar-refractivity contribution is 5.64. The second-order valence-corrected chi connectivity index (χ2v) is 5.49. The van der Waals surface area contributed by atoms with Crippen LogP contribution in [0.15, 0.2) is 48.5 Å². The lowest BCUT2D eigenvalue weighted by molar-refractivity contribution is -0.560. The Balaban J connectivity index is 2.18. The fourth-order valence-electron chi connectivity index (χ4n) is 2.03. The van der Waals surface area contributed by atoms with Crippen molar-refractivity contribution in [3.8, 4) is 16.9 Å². The van der Waals surface area contributed by atoms with Gasteiger partial charge in [0, 0.05) is 25.2 Å². The first-order valence-electron chi connectivity index (χ1n) is 6.41. The third-order valence-electron chi connectivity index (χ3n) is 3.29. The second-order valence-electron chi connectivity index (χ2n) is 5.49. The summed E-state index contributed by atoms with van der Waals surface area (Å²) in [6.45, 7) is 3.25. The lowest BCUT2D eigenvalue weighted by Gasteiger charge is -2.15. The Morgan fingerprint density at radius 2 is 1.45 bits per heavy atom. The Kier molecular flexibility index (Phi) is 3.74. The van der Waals surface area contributed by atoms with Gasteiger partial charge < -0.3 is 5.11 Å². The Labute approximate surface area is 117 Å². The van der Waals surface area contributed by atoms with E-state index in [2.05, 4.69) is 0 Å². The normalized spacial score (nSPS) is 11.3. The van der Waals surface area contributed by atoms with Gasteiger partial charge in [0.1, 0.15) is 5.75 Å². The van der Waals surface area contributed by atoms with Crippen molar-refractivity contribution in [3.05, 3.63) is 64.2 Å². The molecule has 2 aromatic rings. The number of hydrogen-bond acceptors (Lipinski definition) is 3. The number of hydrogen-bond donors (Lipinski definition) is 1. The Bertz CT molecular complexity index is 601. The van der Waals surface area contributed by atoms with Gasteiger partial charge in [-0.3, -0.25) is 10.1 Å². The summed E-state index contributed by atoms with van der Waals surface area (Å²) in [5.41, 5.74) is 2.00. The average molecular weight is 271 g/mol. The summed E-state index contributed by atoms with van der Waals surface area (Å²) in [4.78, 5) is 10.7. The molecular weight excluding hydrogens is 254 g/mol. The predicted molar refractivity (Wildman–Crippen MR) is 78.3 cm³/mol. The number of rotatable bonds is 4. The fraction of sp³-hybridized carbons (Fsp3) is 0.250. The first kappa shape index (κ1) is 14.1. The van der Waals surface area contributed by atoms with Crippen molar-refractivity contribution < 1.29 is 10.0 Å². The van der Waals surface area contributed by atoms with Crippen LogP contribution < -0.4 is 0 Å². The highest BCUT2D eigenvalue weighted by Crippen LogP contribution is 2.23. The van der Waals surface area contributed by atoms with Crippen LogP contribution in [0.25, 0.3) is 11.1 Å². The third-order valence-corrected chi connectivity index (χ3v) is 3.29. The molecule has 2 rings (SSSR count). The molecule has 0 aliphatic carbocycles. The van der Waals surface area contributed by atoms with E-state index in [1.54, 1.807) is 26.0 Å². The lowest BCUT2D eigenvalue weighted by atomic mass is 9.94. The van der Waals surface area contributed by atoms with Crippen LogP contribution in [0.5, 0.6) is 5.75 Å². The number of aromatic hydroxyl groups is 1. The zero-order valence-corrected chi connectivity index (χ0v) is 11.5. The van der Waals surface area contributed by atoms with Crippen LogP contribution in [0.1, 0.15) is 19.4 Å². The van der Waals surface area contributed by atoms with E-state index in [9.17, 15) is 15.2 Å². The van der Waals surface area contributed by atoms with Crippen LogP contribution in [0.3, 0.4) is 0 Å². The molecule has 0 heterocycles. The summed E-state index contributed by atoms with van der Waals surface area (Å²) >= 11 is 0. The van der Waals surface area contributed by atoms with E-state index in [4.69, 9.17) is 0 Å².